The van der Waals surface area contributed by atoms with Crippen molar-refractivity contribution < 1.29 is 17.2 Å². The molecule has 0 unspecified atom stereocenters. The molecule has 3 aromatic rings. The standard InChI is InChI=1S/C15H15N3.CH4O4S/c1-18(2)17-15-11-7-3-5-9-13(11)16-14-10-6-4-8-12(14)15;1-5-6(2,3)4/h3-10H,1-2H3,(H,16,17);1H3,(H,2,3,4). The van der Waals surface area contributed by atoms with Crippen LogP contribution in [0.25, 0.3) is 21.8 Å². The van der Waals surface area contributed by atoms with E-state index in [2.05, 4.69) is 26.7 Å². The van der Waals surface area contributed by atoms with E-state index in [9.17, 15) is 8.42 Å². The molecule has 0 radical (unpaired) electrons. The molecule has 0 saturated carbocycles. The lowest BCUT2D eigenvalue weighted by molar-refractivity contribution is 0.324. The second-order valence-corrected chi connectivity index (χ2v) is 6.31. The molecule has 7 nitrogen and oxygen atoms in total. The molecule has 0 saturated heterocycles. The lowest BCUT2D eigenvalue weighted by atomic mass is 10.1. The lowest BCUT2D eigenvalue weighted by Gasteiger charge is -2.17. The van der Waals surface area contributed by atoms with Crippen LogP contribution in [0, 0.1) is 0 Å². The predicted molar refractivity (Wildman–Crippen MR) is 95.1 cm³/mol. The first-order valence-corrected chi connectivity index (χ1v) is 8.43. The van der Waals surface area contributed by atoms with Crippen molar-refractivity contribution >= 4 is 37.9 Å². The van der Waals surface area contributed by atoms with Gasteiger partial charge in [-0.15, -0.1) is 0 Å². The Bertz CT molecular complexity index is 888. The smallest absolute Gasteiger partial charge is 0.318 e. The van der Waals surface area contributed by atoms with Crippen molar-refractivity contribution in [2.45, 2.75) is 0 Å². The molecule has 1 heterocycles. The molecule has 0 aliphatic heterocycles. The average molecular weight is 349 g/mol. The van der Waals surface area contributed by atoms with Gasteiger partial charge in [-0.25, -0.2) is 9.99 Å². The van der Waals surface area contributed by atoms with E-state index in [1.807, 2.05) is 55.5 Å². The van der Waals surface area contributed by atoms with E-state index < -0.39 is 10.4 Å². The topological polar surface area (TPSA) is 91.8 Å². The van der Waals surface area contributed by atoms with E-state index in [-0.39, 0.29) is 0 Å². The van der Waals surface area contributed by atoms with Gasteiger partial charge in [0.25, 0.3) is 0 Å². The molecule has 0 amide bonds. The maximum absolute atomic E-state index is 9.33. The fraction of sp³-hybridized carbons (Fsp3) is 0.188. The van der Waals surface area contributed by atoms with E-state index in [1.165, 1.54) is 0 Å². The zero-order chi connectivity index (χ0) is 17.7. The Balaban J connectivity index is 0.000000301. The van der Waals surface area contributed by atoms with Gasteiger partial charge in [0.15, 0.2) is 0 Å². The maximum atomic E-state index is 9.33. The SMILES string of the molecule is CN(C)Nc1c2ccccc2nc2ccccc12.COS(=O)(=O)O. The largest absolute Gasteiger partial charge is 0.397 e. The number of rotatable bonds is 3. The van der Waals surface area contributed by atoms with Gasteiger partial charge in [0.1, 0.15) is 0 Å². The lowest BCUT2D eigenvalue weighted by Crippen LogP contribution is -2.20. The Morgan fingerprint density at radius 1 is 1.00 bits per heavy atom. The second-order valence-electron chi connectivity index (χ2n) is 5.12. The molecule has 128 valence electrons. The highest BCUT2D eigenvalue weighted by Gasteiger charge is 2.08. The number of pyridine rings is 1. The first-order chi connectivity index (χ1) is 11.3. The van der Waals surface area contributed by atoms with Crippen molar-refractivity contribution in [2.24, 2.45) is 0 Å². The van der Waals surface area contributed by atoms with Crippen LogP contribution in [0.4, 0.5) is 5.69 Å². The minimum Gasteiger partial charge on any atom is -0.318 e. The number of anilines is 1. The summed E-state index contributed by atoms with van der Waals surface area (Å²) in [6.07, 6.45) is 0. The molecular formula is C16H19N3O4S. The Hall–Kier alpha value is -2.26. The van der Waals surface area contributed by atoms with E-state index in [0.717, 1.165) is 34.6 Å². The molecule has 0 aliphatic rings. The molecule has 24 heavy (non-hydrogen) atoms. The third-order valence-corrected chi connectivity index (χ3v) is 3.55. The summed E-state index contributed by atoms with van der Waals surface area (Å²) in [4.78, 5) is 4.69. The number of nitrogens with one attached hydrogen (secondary N) is 1. The van der Waals surface area contributed by atoms with Crippen LogP contribution in [0.5, 0.6) is 0 Å². The van der Waals surface area contributed by atoms with Gasteiger partial charge in [0.05, 0.1) is 23.8 Å². The zero-order valence-electron chi connectivity index (χ0n) is 13.6. The van der Waals surface area contributed by atoms with Gasteiger partial charge in [0, 0.05) is 24.9 Å². The van der Waals surface area contributed by atoms with Crippen LogP contribution in [-0.4, -0.2) is 44.2 Å². The Kier molecular flexibility index (Phi) is 5.68. The van der Waals surface area contributed by atoms with Gasteiger partial charge in [-0.1, -0.05) is 36.4 Å². The monoisotopic (exact) mass is 349 g/mol. The highest BCUT2D eigenvalue weighted by Crippen LogP contribution is 2.30. The van der Waals surface area contributed by atoms with Crippen LogP contribution in [-0.2, 0) is 14.6 Å². The van der Waals surface area contributed by atoms with Crippen molar-refractivity contribution in [3.05, 3.63) is 48.5 Å². The summed E-state index contributed by atoms with van der Waals surface area (Å²) in [6, 6.07) is 16.4. The maximum Gasteiger partial charge on any atom is 0.397 e. The van der Waals surface area contributed by atoms with Gasteiger partial charge in [-0.2, -0.15) is 8.42 Å². The van der Waals surface area contributed by atoms with Crippen molar-refractivity contribution in [3.8, 4) is 0 Å². The number of para-hydroxylation sites is 2. The quantitative estimate of drug-likeness (QED) is 0.427. The molecule has 0 spiro atoms. The molecule has 3 rings (SSSR count). The van der Waals surface area contributed by atoms with E-state index in [0.29, 0.717) is 0 Å². The van der Waals surface area contributed by atoms with Gasteiger partial charge in [0.2, 0.25) is 0 Å². The zero-order valence-corrected chi connectivity index (χ0v) is 14.4. The summed E-state index contributed by atoms with van der Waals surface area (Å²) in [7, 11) is 0.688. The number of aromatic nitrogens is 1. The number of hydrogen-bond donors (Lipinski definition) is 2. The molecule has 8 heteroatoms. The number of fused-ring (bicyclic) bond motifs is 2. The Labute approximate surface area is 140 Å². The van der Waals surface area contributed by atoms with Crippen LogP contribution in [0.3, 0.4) is 0 Å². The Morgan fingerprint density at radius 3 is 1.79 bits per heavy atom. The van der Waals surface area contributed by atoms with Crippen LogP contribution >= 0.6 is 0 Å². The van der Waals surface area contributed by atoms with E-state index in [1.54, 1.807) is 0 Å². The highest BCUT2D eigenvalue weighted by molar-refractivity contribution is 7.80. The summed E-state index contributed by atoms with van der Waals surface area (Å²) in [5, 5.41) is 4.24. The molecule has 1 aromatic heterocycles. The second kappa shape index (κ2) is 7.54. The summed E-state index contributed by atoms with van der Waals surface area (Å²) in [5.41, 5.74) is 6.53. The van der Waals surface area contributed by atoms with Crippen molar-refractivity contribution in [1.82, 2.24) is 9.99 Å². The molecule has 0 atom stereocenters. The van der Waals surface area contributed by atoms with Crippen LogP contribution in [0.1, 0.15) is 0 Å². The van der Waals surface area contributed by atoms with E-state index >= 15 is 0 Å². The number of benzene rings is 2. The summed E-state index contributed by atoms with van der Waals surface area (Å²) >= 11 is 0. The minimum absolute atomic E-state index is 0.870. The summed E-state index contributed by atoms with van der Waals surface area (Å²) in [5.74, 6) is 0. The Morgan fingerprint density at radius 2 is 1.42 bits per heavy atom. The van der Waals surface area contributed by atoms with Gasteiger partial charge >= 0.3 is 10.4 Å². The van der Waals surface area contributed by atoms with Crippen LogP contribution in [0.15, 0.2) is 48.5 Å². The molecule has 0 aliphatic carbocycles. The third kappa shape index (κ3) is 4.62. The first-order valence-electron chi connectivity index (χ1n) is 7.06. The average Bonchev–Trinajstić information content (AvgIpc) is 2.54. The molecule has 0 bridgehead atoms. The van der Waals surface area contributed by atoms with Crippen molar-refractivity contribution in [3.63, 3.8) is 0 Å². The fourth-order valence-electron chi connectivity index (χ4n) is 2.18. The normalized spacial score (nSPS) is 11.4. The van der Waals surface area contributed by atoms with Crippen LogP contribution < -0.4 is 5.43 Å². The molecule has 0 fully saturated rings. The van der Waals surface area contributed by atoms with E-state index in [4.69, 9.17) is 4.55 Å². The van der Waals surface area contributed by atoms with Gasteiger partial charge in [-0.05, 0) is 12.1 Å². The molecular weight excluding hydrogens is 330 g/mol. The molecule has 2 aromatic carbocycles. The highest BCUT2D eigenvalue weighted by atomic mass is 32.3. The van der Waals surface area contributed by atoms with Gasteiger partial charge < -0.3 is 5.43 Å². The number of hydrogen-bond acceptors (Lipinski definition) is 6. The summed E-state index contributed by atoms with van der Waals surface area (Å²) in [6.45, 7) is 0. The first kappa shape index (κ1) is 18.1. The van der Waals surface area contributed by atoms with Crippen LogP contribution in [0.2, 0.25) is 0 Å². The number of nitrogens with zero attached hydrogens (tertiary/aromatic N) is 2. The fourth-order valence-corrected chi connectivity index (χ4v) is 2.18. The van der Waals surface area contributed by atoms with Crippen molar-refractivity contribution in [2.75, 3.05) is 26.6 Å². The minimum atomic E-state index is -4.16. The summed E-state index contributed by atoms with van der Waals surface area (Å²) < 4.78 is 29.7. The van der Waals surface area contributed by atoms with Crippen molar-refractivity contribution in [1.29, 1.82) is 0 Å². The third-order valence-electron chi connectivity index (χ3n) is 3.13. The predicted octanol–water partition coefficient (Wildman–Crippen LogP) is 2.71. The number of hydrazine groups is 1. The molecule has 2 N–H and O–H groups in total. The van der Waals surface area contributed by atoms with Gasteiger partial charge in [-0.3, -0.25) is 8.74 Å².